The molecule has 8 nitrogen and oxygen atoms in total. The van der Waals surface area contributed by atoms with Gasteiger partial charge >= 0.3 is 11.9 Å². The summed E-state index contributed by atoms with van der Waals surface area (Å²) in [5.74, 6) is -1.69. The summed E-state index contributed by atoms with van der Waals surface area (Å²) in [6, 6.07) is 11.0. The number of H-pyrrole nitrogens is 1. The lowest BCUT2D eigenvalue weighted by Crippen LogP contribution is -2.33. The zero-order valence-corrected chi connectivity index (χ0v) is 20.6. The molecule has 0 saturated heterocycles. The van der Waals surface area contributed by atoms with Crippen molar-refractivity contribution in [2.75, 3.05) is 6.54 Å². The highest BCUT2D eigenvalue weighted by Gasteiger charge is 2.24. The van der Waals surface area contributed by atoms with Crippen LogP contribution in [0.15, 0.2) is 41.2 Å². The van der Waals surface area contributed by atoms with Crippen molar-refractivity contribution in [3.05, 3.63) is 74.6 Å². The molecule has 1 aliphatic rings. The summed E-state index contributed by atoms with van der Waals surface area (Å²) >= 11 is 0. The third-order valence-corrected chi connectivity index (χ3v) is 6.83. The van der Waals surface area contributed by atoms with Crippen molar-refractivity contribution in [2.45, 2.75) is 64.5 Å². The Morgan fingerprint density at radius 2 is 1.72 bits per heavy atom. The average Bonchev–Trinajstić information content (AvgIpc) is 3.27. The van der Waals surface area contributed by atoms with E-state index in [1.54, 1.807) is 12.1 Å². The van der Waals surface area contributed by atoms with Crippen LogP contribution in [0.1, 0.15) is 60.6 Å². The fourth-order valence-electron chi connectivity index (χ4n) is 4.97. The molecule has 36 heavy (non-hydrogen) atoms. The Labute approximate surface area is 209 Å². The standard InChI is InChI=1S/C28H32N2O6/c1-3-16-11-18-13-20(14-19(18)12-17(16)4-2)29-15-23(31)21-5-7-24(36-27(35)10-9-26(33)34)28-22(21)6-8-25(32)30-28/h5-8,11-12,20,23,29,31H,3-4,9-10,13-15H2,1-2H3,(H,30,32)(H,33,34)/t23-/m0/s1. The van der Waals surface area contributed by atoms with Gasteiger partial charge in [0, 0.05) is 24.0 Å². The highest BCUT2D eigenvalue weighted by molar-refractivity contribution is 5.90. The number of hydrogen-bond acceptors (Lipinski definition) is 6. The molecule has 190 valence electrons. The van der Waals surface area contributed by atoms with Crippen LogP contribution in [-0.4, -0.2) is 39.7 Å². The summed E-state index contributed by atoms with van der Waals surface area (Å²) in [6.07, 6.45) is 2.39. The van der Waals surface area contributed by atoms with Crippen molar-refractivity contribution >= 4 is 22.8 Å². The molecule has 0 radical (unpaired) electrons. The van der Waals surface area contributed by atoms with Crippen LogP contribution in [0, 0.1) is 0 Å². The number of aromatic nitrogens is 1. The van der Waals surface area contributed by atoms with E-state index in [4.69, 9.17) is 9.84 Å². The van der Waals surface area contributed by atoms with Crippen LogP contribution in [0.4, 0.5) is 0 Å². The second-order valence-corrected chi connectivity index (χ2v) is 9.26. The van der Waals surface area contributed by atoms with Gasteiger partial charge in [-0.05, 0) is 65.6 Å². The summed E-state index contributed by atoms with van der Waals surface area (Å²) in [7, 11) is 0. The molecule has 0 saturated carbocycles. The molecule has 0 fully saturated rings. The number of aliphatic carboxylic acids is 1. The Bertz CT molecular complexity index is 1310. The molecular formula is C28H32N2O6. The maximum Gasteiger partial charge on any atom is 0.311 e. The molecular weight excluding hydrogens is 460 g/mol. The molecule has 1 atom stereocenters. The van der Waals surface area contributed by atoms with Gasteiger partial charge in [0.15, 0.2) is 5.75 Å². The highest BCUT2D eigenvalue weighted by atomic mass is 16.5. The third kappa shape index (κ3) is 5.66. The van der Waals surface area contributed by atoms with E-state index in [1.807, 2.05) is 0 Å². The van der Waals surface area contributed by atoms with E-state index in [0.29, 0.717) is 17.5 Å². The zero-order chi connectivity index (χ0) is 25.8. The number of carbonyl (C=O) groups excluding carboxylic acids is 1. The first-order valence-corrected chi connectivity index (χ1v) is 12.4. The first kappa shape index (κ1) is 25.6. The summed E-state index contributed by atoms with van der Waals surface area (Å²) in [4.78, 5) is 37.4. The molecule has 0 unspecified atom stereocenters. The molecule has 2 aromatic carbocycles. The zero-order valence-electron chi connectivity index (χ0n) is 20.6. The average molecular weight is 493 g/mol. The van der Waals surface area contributed by atoms with E-state index in [1.165, 1.54) is 34.4 Å². The normalized spacial score (nSPS) is 14.1. The van der Waals surface area contributed by atoms with Crippen molar-refractivity contribution in [1.29, 1.82) is 0 Å². The van der Waals surface area contributed by atoms with Gasteiger partial charge in [-0.3, -0.25) is 14.4 Å². The Morgan fingerprint density at radius 3 is 2.33 bits per heavy atom. The van der Waals surface area contributed by atoms with Crippen LogP contribution in [0.25, 0.3) is 10.9 Å². The number of pyridine rings is 1. The van der Waals surface area contributed by atoms with Crippen LogP contribution < -0.4 is 15.6 Å². The second kappa shape index (κ2) is 11.1. The lowest BCUT2D eigenvalue weighted by Gasteiger charge is -2.19. The number of aromatic amines is 1. The summed E-state index contributed by atoms with van der Waals surface area (Å²) in [5, 5.41) is 23.8. The molecule has 1 heterocycles. The minimum atomic E-state index is -1.10. The van der Waals surface area contributed by atoms with E-state index in [0.717, 1.165) is 25.7 Å². The number of ether oxygens (including phenoxy) is 1. The number of hydrogen-bond donors (Lipinski definition) is 4. The largest absolute Gasteiger partial charge is 0.481 e. The number of esters is 1. The summed E-state index contributed by atoms with van der Waals surface area (Å²) in [6.45, 7) is 4.69. The quantitative estimate of drug-likeness (QED) is 0.253. The molecule has 4 N–H and O–H groups in total. The predicted molar refractivity (Wildman–Crippen MR) is 136 cm³/mol. The lowest BCUT2D eigenvalue weighted by atomic mass is 9.97. The van der Waals surface area contributed by atoms with Crippen LogP contribution >= 0.6 is 0 Å². The Kier molecular flexibility index (Phi) is 7.86. The molecule has 1 aliphatic carbocycles. The van der Waals surface area contributed by atoms with E-state index in [2.05, 4.69) is 36.3 Å². The number of rotatable bonds is 10. The molecule has 1 aromatic heterocycles. The SMILES string of the molecule is CCc1cc2c(cc1CC)CC(NC[C@H](O)c1ccc(OC(=O)CCC(=O)O)c3[nH]c(=O)ccc13)C2. The predicted octanol–water partition coefficient (Wildman–Crippen LogP) is 3.21. The Balaban J connectivity index is 1.48. The minimum absolute atomic E-state index is 0.117. The van der Waals surface area contributed by atoms with Gasteiger partial charge in [-0.2, -0.15) is 0 Å². The van der Waals surface area contributed by atoms with Gasteiger partial charge in [0.1, 0.15) is 0 Å². The van der Waals surface area contributed by atoms with Gasteiger partial charge < -0.3 is 25.3 Å². The number of carbonyl (C=O) groups is 2. The van der Waals surface area contributed by atoms with Gasteiger partial charge in [-0.15, -0.1) is 0 Å². The molecule has 0 spiro atoms. The van der Waals surface area contributed by atoms with Crippen LogP contribution in [-0.2, 0) is 35.3 Å². The molecule has 0 aliphatic heterocycles. The Morgan fingerprint density at radius 1 is 1.06 bits per heavy atom. The number of fused-ring (bicyclic) bond motifs is 2. The molecule has 0 bridgehead atoms. The van der Waals surface area contributed by atoms with E-state index < -0.39 is 18.0 Å². The van der Waals surface area contributed by atoms with E-state index in [-0.39, 0.29) is 35.7 Å². The fraction of sp³-hybridized carbons (Fsp3) is 0.393. The maximum atomic E-state index is 12.1. The van der Waals surface area contributed by atoms with E-state index >= 15 is 0 Å². The monoisotopic (exact) mass is 492 g/mol. The molecule has 8 heteroatoms. The number of nitrogens with one attached hydrogen (secondary N) is 2. The number of aryl methyl sites for hydroxylation is 2. The van der Waals surface area contributed by atoms with Gasteiger partial charge in [-0.25, -0.2) is 0 Å². The highest BCUT2D eigenvalue weighted by Crippen LogP contribution is 2.31. The fourth-order valence-corrected chi connectivity index (χ4v) is 4.97. The van der Waals surface area contributed by atoms with Gasteiger partial charge in [-0.1, -0.05) is 32.0 Å². The summed E-state index contributed by atoms with van der Waals surface area (Å²) in [5.41, 5.74) is 6.05. The first-order chi connectivity index (χ1) is 17.3. The maximum absolute atomic E-state index is 12.1. The van der Waals surface area contributed by atoms with E-state index in [9.17, 15) is 19.5 Å². The second-order valence-electron chi connectivity index (χ2n) is 9.26. The number of aliphatic hydroxyl groups excluding tert-OH is 1. The van der Waals surface area contributed by atoms with Crippen LogP contribution in [0.3, 0.4) is 0 Å². The smallest absolute Gasteiger partial charge is 0.311 e. The third-order valence-electron chi connectivity index (χ3n) is 6.83. The van der Waals surface area contributed by atoms with Gasteiger partial charge in [0.05, 0.1) is 24.5 Å². The van der Waals surface area contributed by atoms with Crippen molar-refractivity contribution in [2.24, 2.45) is 0 Å². The molecule has 4 rings (SSSR count). The van der Waals surface area contributed by atoms with Crippen LogP contribution in [0.2, 0.25) is 0 Å². The van der Waals surface area contributed by atoms with Gasteiger partial charge in [0.2, 0.25) is 5.56 Å². The first-order valence-electron chi connectivity index (χ1n) is 12.4. The summed E-state index contributed by atoms with van der Waals surface area (Å²) < 4.78 is 5.31. The van der Waals surface area contributed by atoms with Crippen molar-refractivity contribution in [1.82, 2.24) is 10.3 Å². The Hall–Kier alpha value is -3.49. The molecule has 3 aromatic rings. The number of benzene rings is 2. The van der Waals surface area contributed by atoms with Crippen LogP contribution in [0.5, 0.6) is 5.75 Å². The minimum Gasteiger partial charge on any atom is -0.481 e. The van der Waals surface area contributed by atoms with Crippen molar-refractivity contribution in [3.63, 3.8) is 0 Å². The van der Waals surface area contributed by atoms with Crippen molar-refractivity contribution in [3.8, 4) is 5.75 Å². The van der Waals surface area contributed by atoms with Crippen molar-refractivity contribution < 1.29 is 24.5 Å². The number of carboxylic acid groups (broad SMARTS) is 1. The topological polar surface area (TPSA) is 129 Å². The number of carboxylic acids is 1. The van der Waals surface area contributed by atoms with Gasteiger partial charge in [0.25, 0.3) is 0 Å². The molecule has 0 amide bonds. The lowest BCUT2D eigenvalue weighted by molar-refractivity contribution is -0.142. The number of aliphatic hydroxyl groups is 1.